The number of methoxy groups -OCH3 is 1. The third-order valence-corrected chi connectivity index (χ3v) is 3.71. The molecule has 0 aliphatic rings. The Hall–Kier alpha value is -2.81. The van der Waals surface area contributed by atoms with Crippen molar-refractivity contribution in [2.75, 3.05) is 13.7 Å². The van der Waals surface area contributed by atoms with E-state index in [2.05, 4.69) is 9.97 Å². The standard InChI is InChI=1S/C17H16N2O6/c1-24-12-6-5-9(8-25-13(21)7-20)14-16(12)19-15-10(17(22)23)3-2-4-11(15)18-14/h2-6,13,20-21H,7-8H2,1H3,(H,22,23)/t13-/m0/s1. The van der Waals surface area contributed by atoms with Crippen molar-refractivity contribution < 1.29 is 29.6 Å². The second kappa shape index (κ2) is 6.98. The Bertz CT molecular complexity index is 943. The molecule has 0 saturated heterocycles. The average Bonchev–Trinajstić information content (AvgIpc) is 2.63. The lowest BCUT2D eigenvalue weighted by Crippen LogP contribution is -2.16. The summed E-state index contributed by atoms with van der Waals surface area (Å²) in [6.07, 6.45) is -1.30. The van der Waals surface area contributed by atoms with E-state index in [1.54, 1.807) is 24.3 Å². The Morgan fingerprint density at radius 3 is 2.64 bits per heavy atom. The van der Waals surface area contributed by atoms with Crippen molar-refractivity contribution in [1.29, 1.82) is 0 Å². The number of fused-ring (bicyclic) bond motifs is 2. The molecule has 0 fully saturated rings. The van der Waals surface area contributed by atoms with Gasteiger partial charge in [0.1, 0.15) is 16.8 Å². The second-order valence-corrected chi connectivity index (χ2v) is 5.27. The Morgan fingerprint density at radius 1 is 1.16 bits per heavy atom. The van der Waals surface area contributed by atoms with Gasteiger partial charge in [0.05, 0.1) is 36.9 Å². The number of rotatable bonds is 6. The second-order valence-electron chi connectivity index (χ2n) is 5.27. The minimum absolute atomic E-state index is 0.00102. The van der Waals surface area contributed by atoms with Gasteiger partial charge in [-0.1, -0.05) is 12.1 Å². The van der Waals surface area contributed by atoms with Crippen LogP contribution in [0.3, 0.4) is 0 Å². The molecule has 8 nitrogen and oxygen atoms in total. The van der Waals surface area contributed by atoms with Gasteiger partial charge in [-0.2, -0.15) is 0 Å². The van der Waals surface area contributed by atoms with Crippen molar-refractivity contribution in [2.45, 2.75) is 12.9 Å². The summed E-state index contributed by atoms with van der Waals surface area (Å²) < 4.78 is 10.4. The normalized spacial score (nSPS) is 12.4. The Labute approximate surface area is 142 Å². The molecule has 3 aromatic rings. The third-order valence-electron chi connectivity index (χ3n) is 3.71. The van der Waals surface area contributed by atoms with Crippen LogP contribution >= 0.6 is 0 Å². The van der Waals surface area contributed by atoms with Crippen LogP contribution in [0.1, 0.15) is 15.9 Å². The van der Waals surface area contributed by atoms with Gasteiger partial charge in [-0.15, -0.1) is 0 Å². The topological polar surface area (TPSA) is 122 Å². The van der Waals surface area contributed by atoms with Crippen LogP contribution in [0.2, 0.25) is 0 Å². The largest absolute Gasteiger partial charge is 0.494 e. The number of hydrogen-bond acceptors (Lipinski definition) is 7. The number of benzene rings is 2. The fourth-order valence-electron chi connectivity index (χ4n) is 2.50. The molecule has 1 atom stereocenters. The number of aliphatic hydroxyl groups is 2. The van der Waals surface area contributed by atoms with Crippen LogP contribution < -0.4 is 4.74 Å². The predicted octanol–water partition coefficient (Wildman–Crippen LogP) is 1.32. The maximum Gasteiger partial charge on any atom is 0.337 e. The monoisotopic (exact) mass is 344 g/mol. The minimum Gasteiger partial charge on any atom is -0.494 e. The first-order valence-electron chi connectivity index (χ1n) is 7.45. The summed E-state index contributed by atoms with van der Waals surface area (Å²) in [4.78, 5) is 20.4. The number of carbonyl (C=O) groups is 1. The van der Waals surface area contributed by atoms with Crippen LogP contribution in [0.4, 0.5) is 0 Å². The van der Waals surface area contributed by atoms with E-state index >= 15 is 0 Å². The summed E-state index contributed by atoms with van der Waals surface area (Å²) in [7, 11) is 1.48. The molecule has 2 aromatic carbocycles. The first kappa shape index (κ1) is 17.0. The number of ether oxygens (including phenoxy) is 2. The number of aromatic carboxylic acids is 1. The van der Waals surface area contributed by atoms with Crippen LogP contribution in [0.5, 0.6) is 5.75 Å². The molecule has 1 heterocycles. The Kier molecular flexibility index (Phi) is 4.75. The molecule has 3 rings (SSSR count). The molecule has 0 bridgehead atoms. The Balaban J connectivity index is 2.22. The third kappa shape index (κ3) is 3.22. The number of carboxylic acids is 1. The van der Waals surface area contributed by atoms with Crippen LogP contribution in [0, 0.1) is 0 Å². The van der Waals surface area contributed by atoms with E-state index < -0.39 is 18.9 Å². The van der Waals surface area contributed by atoms with E-state index in [9.17, 15) is 15.0 Å². The number of aromatic nitrogens is 2. The highest BCUT2D eigenvalue weighted by atomic mass is 16.6. The van der Waals surface area contributed by atoms with Crippen LogP contribution in [-0.2, 0) is 11.3 Å². The lowest BCUT2D eigenvalue weighted by Gasteiger charge is -2.13. The molecule has 0 aliphatic carbocycles. The molecule has 8 heteroatoms. The highest BCUT2D eigenvalue weighted by molar-refractivity contribution is 6.03. The molecule has 25 heavy (non-hydrogen) atoms. The summed E-state index contributed by atoms with van der Waals surface area (Å²) in [6, 6.07) is 8.10. The van der Waals surface area contributed by atoms with E-state index in [0.29, 0.717) is 27.9 Å². The van der Waals surface area contributed by atoms with Gasteiger partial charge in [0, 0.05) is 5.56 Å². The molecule has 0 saturated carbocycles. The quantitative estimate of drug-likeness (QED) is 0.452. The minimum atomic E-state index is -1.30. The maximum absolute atomic E-state index is 11.4. The summed E-state index contributed by atoms with van der Waals surface area (Å²) in [6.45, 7) is -0.522. The fraction of sp³-hybridized carbons (Fsp3) is 0.235. The van der Waals surface area contributed by atoms with Gasteiger partial charge in [0.2, 0.25) is 0 Å². The van der Waals surface area contributed by atoms with Gasteiger partial charge >= 0.3 is 5.97 Å². The summed E-state index contributed by atoms with van der Waals surface area (Å²) >= 11 is 0. The maximum atomic E-state index is 11.4. The summed E-state index contributed by atoms with van der Waals surface area (Å²) in [5.41, 5.74) is 2.21. The zero-order chi connectivity index (χ0) is 18.0. The van der Waals surface area contributed by atoms with Gasteiger partial charge in [-0.3, -0.25) is 0 Å². The van der Waals surface area contributed by atoms with Crippen LogP contribution in [-0.4, -0.2) is 51.3 Å². The highest BCUT2D eigenvalue weighted by Gasteiger charge is 2.16. The zero-order valence-corrected chi connectivity index (χ0v) is 13.3. The molecule has 0 amide bonds. The number of para-hydroxylation sites is 1. The molecule has 1 aromatic heterocycles. The lowest BCUT2D eigenvalue weighted by atomic mass is 10.1. The van der Waals surface area contributed by atoms with Crippen molar-refractivity contribution in [3.63, 3.8) is 0 Å². The van der Waals surface area contributed by atoms with E-state index in [1.807, 2.05) is 0 Å². The lowest BCUT2D eigenvalue weighted by molar-refractivity contribution is -0.131. The van der Waals surface area contributed by atoms with Gasteiger partial charge in [-0.05, 0) is 18.2 Å². The number of nitrogens with zero attached hydrogens (tertiary/aromatic N) is 2. The molecule has 0 unspecified atom stereocenters. The van der Waals surface area contributed by atoms with Gasteiger partial charge in [-0.25, -0.2) is 14.8 Å². The number of carboxylic acid groups (broad SMARTS) is 1. The Morgan fingerprint density at radius 2 is 1.96 bits per heavy atom. The molecular formula is C17H16N2O6. The molecular weight excluding hydrogens is 328 g/mol. The fourth-order valence-corrected chi connectivity index (χ4v) is 2.50. The van der Waals surface area contributed by atoms with E-state index in [-0.39, 0.29) is 17.7 Å². The average molecular weight is 344 g/mol. The predicted molar refractivity (Wildman–Crippen MR) is 88.4 cm³/mol. The SMILES string of the molecule is COc1ccc(CO[C@H](O)CO)c2nc3cccc(C(=O)O)c3nc12. The van der Waals surface area contributed by atoms with Crippen molar-refractivity contribution in [3.8, 4) is 5.75 Å². The highest BCUT2D eigenvalue weighted by Crippen LogP contribution is 2.29. The van der Waals surface area contributed by atoms with Gasteiger partial charge in [0.25, 0.3) is 0 Å². The van der Waals surface area contributed by atoms with Gasteiger partial charge < -0.3 is 24.8 Å². The molecule has 130 valence electrons. The smallest absolute Gasteiger partial charge is 0.337 e. The molecule has 0 aliphatic heterocycles. The first-order chi connectivity index (χ1) is 12.0. The number of hydrogen-bond donors (Lipinski definition) is 3. The van der Waals surface area contributed by atoms with E-state index in [1.165, 1.54) is 13.2 Å². The van der Waals surface area contributed by atoms with Gasteiger partial charge in [0.15, 0.2) is 6.29 Å². The molecule has 3 N–H and O–H groups in total. The molecule has 0 radical (unpaired) electrons. The van der Waals surface area contributed by atoms with Crippen LogP contribution in [0.15, 0.2) is 30.3 Å². The summed E-state index contributed by atoms with van der Waals surface area (Å²) in [5, 5.41) is 27.6. The van der Waals surface area contributed by atoms with Crippen molar-refractivity contribution in [1.82, 2.24) is 9.97 Å². The van der Waals surface area contributed by atoms with E-state index in [0.717, 1.165) is 0 Å². The van der Waals surface area contributed by atoms with Crippen LogP contribution in [0.25, 0.3) is 22.1 Å². The zero-order valence-electron chi connectivity index (χ0n) is 13.3. The number of aliphatic hydroxyl groups excluding tert-OH is 2. The summed E-state index contributed by atoms with van der Waals surface area (Å²) in [5.74, 6) is -0.653. The van der Waals surface area contributed by atoms with Crippen molar-refractivity contribution in [3.05, 3.63) is 41.5 Å². The van der Waals surface area contributed by atoms with Crippen molar-refractivity contribution >= 4 is 28.0 Å². The van der Waals surface area contributed by atoms with E-state index in [4.69, 9.17) is 14.6 Å². The molecule has 0 spiro atoms. The van der Waals surface area contributed by atoms with Crippen molar-refractivity contribution in [2.24, 2.45) is 0 Å². The first-order valence-corrected chi connectivity index (χ1v) is 7.45.